The van der Waals surface area contributed by atoms with E-state index in [9.17, 15) is 19.8 Å². The molecule has 1 amide bonds. The van der Waals surface area contributed by atoms with Crippen molar-refractivity contribution in [3.05, 3.63) is 0 Å². The second-order valence-electron chi connectivity index (χ2n) is 25.6. The van der Waals surface area contributed by atoms with Crippen molar-refractivity contribution in [3.63, 3.8) is 0 Å². The zero-order chi connectivity index (χ0) is 57.1. The summed E-state index contributed by atoms with van der Waals surface area (Å²) >= 11 is 0. The van der Waals surface area contributed by atoms with Gasteiger partial charge in [0, 0.05) is 12.8 Å². The van der Waals surface area contributed by atoms with Crippen LogP contribution in [0.5, 0.6) is 0 Å². The summed E-state index contributed by atoms with van der Waals surface area (Å²) in [7, 11) is 0. The van der Waals surface area contributed by atoms with Crippen LogP contribution in [0.4, 0.5) is 0 Å². The molecule has 0 aliphatic heterocycles. The molecule has 2 unspecified atom stereocenters. The summed E-state index contributed by atoms with van der Waals surface area (Å²) in [5.41, 5.74) is 0. The zero-order valence-electron chi connectivity index (χ0n) is 54.2. The molecule has 0 aromatic carbocycles. The van der Waals surface area contributed by atoms with Crippen LogP contribution in [0.15, 0.2) is 0 Å². The molecule has 0 spiro atoms. The fourth-order valence-corrected chi connectivity index (χ4v) is 12.1. The normalized spacial score (nSPS) is 12.4. The lowest BCUT2D eigenvalue weighted by Crippen LogP contribution is -2.45. The van der Waals surface area contributed by atoms with Gasteiger partial charge in [-0.3, -0.25) is 9.59 Å². The van der Waals surface area contributed by atoms with Gasteiger partial charge >= 0.3 is 5.97 Å². The number of carbonyl (C=O) groups is 2. The van der Waals surface area contributed by atoms with Crippen molar-refractivity contribution in [1.82, 2.24) is 5.32 Å². The highest BCUT2D eigenvalue weighted by atomic mass is 16.5. The first-order valence-corrected chi connectivity index (χ1v) is 36.8. The molecule has 0 saturated heterocycles. The highest BCUT2D eigenvalue weighted by molar-refractivity contribution is 5.76. The topological polar surface area (TPSA) is 95.9 Å². The molecule has 0 saturated carbocycles. The van der Waals surface area contributed by atoms with Crippen LogP contribution in [-0.4, -0.2) is 47.4 Å². The summed E-state index contributed by atoms with van der Waals surface area (Å²) in [6, 6.07) is -0.539. The number of rotatable bonds is 70. The molecule has 6 nitrogen and oxygen atoms in total. The summed E-state index contributed by atoms with van der Waals surface area (Å²) in [6.45, 7) is 5.00. The molecule has 0 aliphatic carbocycles. The first kappa shape index (κ1) is 77.9. The van der Waals surface area contributed by atoms with E-state index in [0.29, 0.717) is 25.9 Å². The minimum absolute atomic E-state index is 0.0205. The second kappa shape index (κ2) is 69.4. The largest absolute Gasteiger partial charge is 0.466 e. The molecule has 0 aromatic rings. The Morgan fingerprint density at radius 2 is 0.519 bits per heavy atom. The molecule has 0 fully saturated rings. The van der Waals surface area contributed by atoms with Gasteiger partial charge in [-0.05, 0) is 25.7 Å². The lowest BCUT2D eigenvalue weighted by atomic mass is 10.0. The Balaban J connectivity index is 3.34. The Labute approximate surface area is 496 Å². The van der Waals surface area contributed by atoms with Crippen LogP contribution in [0.3, 0.4) is 0 Å². The van der Waals surface area contributed by atoms with Gasteiger partial charge in [0.05, 0.1) is 25.4 Å². The number of aliphatic hydroxyl groups excluding tert-OH is 2. The highest BCUT2D eigenvalue weighted by Crippen LogP contribution is 2.20. The van der Waals surface area contributed by atoms with Crippen molar-refractivity contribution >= 4 is 11.9 Å². The summed E-state index contributed by atoms with van der Waals surface area (Å²) in [5.74, 6) is -0.00508. The number of carbonyl (C=O) groups excluding carboxylic acids is 2. The molecule has 0 aliphatic rings. The molecule has 6 heteroatoms. The molecule has 3 N–H and O–H groups in total. The van der Waals surface area contributed by atoms with E-state index in [1.54, 1.807) is 0 Å². The van der Waals surface area contributed by atoms with Gasteiger partial charge in [0.2, 0.25) is 5.91 Å². The summed E-state index contributed by atoms with van der Waals surface area (Å²) in [4.78, 5) is 24.6. The quantitative estimate of drug-likeness (QED) is 0.0417. The van der Waals surface area contributed by atoms with Gasteiger partial charge in [0.15, 0.2) is 0 Å². The fourth-order valence-electron chi connectivity index (χ4n) is 12.1. The molecular weight excluding hydrogens is 971 g/mol. The maximum absolute atomic E-state index is 12.6. The third-order valence-corrected chi connectivity index (χ3v) is 17.7. The Bertz CT molecular complexity index is 1150. The molecule has 2 atom stereocenters. The van der Waals surface area contributed by atoms with Gasteiger partial charge in [0.25, 0.3) is 0 Å². The first-order valence-electron chi connectivity index (χ1n) is 36.8. The molecular formula is C73H145NO5. The van der Waals surface area contributed by atoms with Crippen LogP contribution in [0.1, 0.15) is 431 Å². The number of hydrogen-bond donors (Lipinski definition) is 3. The lowest BCUT2D eigenvalue weighted by molar-refractivity contribution is -0.143. The van der Waals surface area contributed by atoms with Crippen molar-refractivity contribution in [3.8, 4) is 0 Å². The van der Waals surface area contributed by atoms with E-state index in [2.05, 4.69) is 19.2 Å². The van der Waals surface area contributed by atoms with Gasteiger partial charge in [0.1, 0.15) is 0 Å². The maximum Gasteiger partial charge on any atom is 0.305 e. The molecule has 472 valence electrons. The molecule has 0 radical (unpaired) electrons. The molecule has 0 bridgehead atoms. The van der Waals surface area contributed by atoms with E-state index in [4.69, 9.17) is 4.74 Å². The SMILES string of the molecule is CCCCCCCCCCCCCCCCCCCCCCCCC(O)C(CO)NC(=O)CCCCCCCCCCCCCCCCCCCCCCCCCCCCCCCOC(=O)CCCCCCCCCCCCC. The van der Waals surface area contributed by atoms with Gasteiger partial charge in [-0.15, -0.1) is 0 Å². The average molecular weight is 1120 g/mol. The standard InChI is InChI=1S/C73H145NO5/c1-3-5-7-9-11-13-15-16-17-18-19-20-30-33-36-39-42-46-49-53-57-61-65-71(76)70(69-75)74-72(77)66-62-58-54-50-47-43-40-37-34-31-28-26-24-22-21-23-25-27-29-32-35-38-41-44-48-52-56-60-64-68-79-73(78)67-63-59-55-51-45-14-12-10-8-6-4-2/h70-71,75-76H,3-69H2,1-2H3,(H,74,77). The van der Waals surface area contributed by atoms with E-state index in [0.717, 1.165) is 38.5 Å². The van der Waals surface area contributed by atoms with Crippen molar-refractivity contribution in [1.29, 1.82) is 0 Å². The minimum Gasteiger partial charge on any atom is -0.466 e. The fraction of sp³-hybridized carbons (Fsp3) is 0.973. The third kappa shape index (κ3) is 65.9. The number of aliphatic hydroxyl groups is 2. The number of amides is 1. The number of unbranched alkanes of at least 4 members (excludes halogenated alkanes) is 59. The number of nitrogens with one attached hydrogen (secondary N) is 1. The van der Waals surface area contributed by atoms with Gasteiger partial charge in [-0.25, -0.2) is 0 Å². The lowest BCUT2D eigenvalue weighted by Gasteiger charge is -2.22. The average Bonchev–Trinajstić information content (AvgIpc) is 3.45. The molecule has 0 aromatic heterocycles. The second-order valence-corrected chi connectivity index (χ2v) is 25.6. The first-order chi connectivity index (χ1) is 39.0. The summed E-state index contributed by atoms with van der Waals surface area (Å²) < 4.78 is 5.48. The molecule has 0 rings (SSSR count). The van der Waals surface area contributed by atoms with Crippen LogP contribution < -0.4 is 5.32 Å². The van der Waals surface area contributed by atoms with Crippen molar-refractivity contribution in [2.75, 3.05) is 13.2 Å². The van der Waals surface area contributed by atoms with Gasteiger partial charge in [-0.2, -0.15) is 0 Å². The monoisotopic (exact) mass is 1120 g/mol. The predicted molar refractivity (Wildman–Crippen MR) is 347 cm³/mol. The van der Waals surface area contributed by atoms with E-state index in [1.165, 1.54) is 360 Å². The highest BCUT2D eigenvalue weighted by Gasteiger charge is 2.20. The maximum atomic E-state index is 12.6. The van der Waals surface area contributed by atoms with Crippen LogP contribution >= 0.6 is 0 Å². The molecule has 0 heterocycles. The Hall–Kier alpha value is -1.14. The predicted octanol–water partition coefficient (Wildman–Crippen LogP) is 23.8. The minimum atomic E-state index is -0.662. The Morgan fingerprint density at radius 3 is 0.772 bits per heavy atom. The van der Waals surface area contributed by atoms with Crippen molar-refractivity contribution in [2.24, 2.45) is 0 Å². The van der Waals surface area contributed by atoms with Crippen LogP contribution in [0.2, 0.25) is 0 Å². The Morgan fingerprint density at radius 1 is 0.304 bits per heavy atom. The number of hydrogen-bond acceptors (Lipinski definition) is 5. The number of ether oxygens (including phenoxy) is 1. The van der Waals surface area contributed by atoms with Gasteiger partial charge in [-0.1, -0.05) is 393 Å². The van der Waals surface area contributed by atoms with E-state index in [-0.39, 0.29) is 18.5 Å². The Kier molecular flexibility index (Phi) is 68.4. The van der Waals surface area contributed by atoms with Crippen LogP contribution in [-0.2, 0) is 14.3 Å². The third-order valence-electron chi connectivity index (χ3n) is 17.7. The van der Waals surface area contributed by atoms with Crippen molar-refractivity contribution in [2.45, 2.75) is 443 Å². The van der Waals surface area contributed by atoms with E-state index >= 15 is 0 Å². The smallest absolute Gasteiger partial charge is 0.305 e. The van der Waals surface area contributed by atoms with E-state index < -0.39 is 12.1 Å². The van der Waals surface area contributed by atoms with Crippen LogP contribution in [0.25, 0.3) is 0 Å². The summed E-state index contributed by atoms with van der Waals surface area (Å²) in [6.07, 6.45) is 84.5. The summed E-state index contributed by atoms with van der Waals surface area (Å²) in [5, 5.41) is 23.4. The number of esters is 1. The van der Waals surface area contributed by atoms with Gasteiger partial charge < -0.3 is 20.3 Å². The van der Waals surface area contributed by atoms with E-state index in [1.807, 2.05) is 0 Å². The molecule has 79 heavy (non-hydrogen) atoms. The van der Waals surface area contributed by atoms with Crippen LogP contribution in [0, 0.1) is 0 Å². The zero-order valence-corrected chi connectivity index (χ0v) is 54.2. The van der Waals surface area contributed by atoms with Crippen molar-refractivity contribution < 1.29 is 24.5 Å².